The SMILES string of the molecule is CC(C)(C)OC(=O)N1CCN(C2CN(I)C2)CC1. The molecule has 2 rings (SSSR count). The van der Waals surface area contributed by atoms with Crippen molar-refractivity contribution in [1.82, 2.24) is 12.9 Å². The van der Waals surface area contributed by atoms with Gasteiger partial charge in [-0.3, -0.25) is 4.90 Å². The molecule has 0 aromatic carbocycles. The van der Waals surface area contributed by atoms with Crippen molar-refractivity contribution in [3.8, 4) is 0 Å². The molecule has 0 spiro atoms. The number of amides is 1. The Hall–Kier alpha value is -0.0800. The van der Waals surface area contributed by atoms with Crippen LogP contribution in [0.1, 0.15) is 20.8 Å². The van der Waals surface area contributed by atoms with Gasteiger partial charge in [-0.2, -0.15) is 0 Å². The van der Waals surface area contributed by atoms with E-state index < -0.39 is 5.60 Å². The van der Waals surface area contributed by atoms with E-state index in [1.807, 2.05) is 25.7 Å². The van der Waals surface area contributed by atoms with Crippen molar-refractivity contribution < 1.29 is 9.53 Å². The lowest BCUT2D eigenvalue weighted by atomic mass is 10.1. The number of hydrogen-bond acceptors (Lipinski definition) is 4. The highest BCUT2D eigenvalue weighted by molar-refractivity contribution is 14.1. The van der Waals surface area contributed by atoms with Crippen molar-refractivity contribution in [2.45, 2.75) is 32.4 Å². The van der Waals surface area contributed by atoms with Crippen molar-refractivity contribution in [2.24, 2.45) is 0 Å². The molecular weight excluding hydrogens is 345 g/mol. The first-order chi connectivity index (χ1) is 8.35. The van der Waals surface area contributed by atoms with E-state index in [9.17, 15) is 4.79 Å². The van der Waals surface area contributed by atoms with E-state index in [0.29, 0.717) is 6.04 Å². The van der Waals surface area contributed by atoms with E-state index in [-0.39, 0.29) is 6.09 Å². The molecule has 0 unspecified atom stereocenters. The van der Waals surface area contributed by atoms with Gasteiger partial charge in [0.15, 0.2) is 0 Å². The Bertz CT molecular complexity index is 305. The van der Waals surface area contributed by atoms with Gasteiger partial charge in [-0.25, -0.2) is 7.91 Å². The fourth-order valence-electron chi connectivity index (χ4n) is 2.23. The molecule has 1 amide bonds. The van der Waals surface area contributed by atoms with E-state index >= 15 is 0 Å². The summed E-state index contributed by atoms with van der Waals surface area (Å²) in [4.78, 5) is 16.2. The lowest BCUT2D eigenvalue weighted by molar-refractivity contribution is 0.00315. The van der Waals surface area contributed by atoms with Gasteiger partial charge in [-0.05, 0) is 20.8 Å². The average molecular weight is 367 g/mol. The number of carbonyl (C=O) groups is 1. The highest BCUT2D eigenvalue weighted by Crippen LogP contribution is 2.20. The van der Waals surface area contributed by atoms with Gasteiger partial charge in [-0.15, -0.1) is 0 Å². The number of rotatable bonds is 1. The summed E-state index contributed by atoms with van der Waals surface area (Å²) >= 11 is 2.36. The van der Waals surface area contributed by atoms with E-state index in [1.165, 1.54) is 0 Å². The molecule has 2 aliphatic heterocycles. The summed E-state index contributed by atoms with van der Waals surface area (Å²) in [7, 11) is 0. The minimum absolute atomic E-state index is 0.175. The van der Waals surface area contributed by atoms with Crippen molar-refractivity contribution in [2.75, 3.05) is 39.3 Å². The van der Waals surface area contributed by atoms with Crippen LogP contribution in [0, 0.1) is 0 Å². The van der Waals surface area contributed by atoms with Crippen molar-refractivity contribution in [1.29, 1.82) is 0 Å². The second-order valence-corrected chi connectivity index (χ2v) is 7.35. The summed E-state index contributed by atoms with van der Waals surface area (Å²) in [5.41, 5.74) is -0.399. The van der Waals surface area contributed by atoms with Gasteiger partial charge in [0.1, 0.15) is 5.60 Å². The second kappa shape index (κ2) is 5.50. The molecule has 2 heterocycles. The van der Waals surface area contributed by atoms with Crippen LogP contribution < -0.4 is 0 Å². The van der Waals surface area contributed by atoms with Crippen LogP contribution in [0.3, 0.4) is 0 Å². The molecule has 18 heavy (non-hydrogen) atoms. The van der Waals surface area contributed by atoms with Crippen LogP contribution in [0.2, 0.25) is 0 Å². The van der Waals surface area contributed by atoms with Crippen LogP contribution in [0.5, 0.6) is 0 Å². The molecule has 0 bridgehead atoms. The van der Waals surface area contributed by atoms with Crippen LogP contribution in [-0.4, -0.2) is 69.9 Å². The first-order valence-corrected chi connectivity index (χ1v) is 7.44. The monoisotopic (exact) mass is 367 g/mol. The fourth-order valence-corrected chi connectivity index (χ4v) is 3.14. The standard InChI is InChI=1S/C12H22IN3O2/c1-12(2,3)18-11(17)15-6-4-14(5-7-15)10-8-16(13)9-10/h10H,4-9H2,1-3H3. The number of ether oxygens (including phenoxy) is 1. The van der Waals surface area contributed by atoms with Crippen LogP contribution in [-0.2, 0) is 4.74 Å². The lowest BCUT2D eigenvalue weighted by Crippen LogP contribution is -2.61. The number of carbonyl (C=O) groups excluding carboxylic acids is 1. The topological polar surface area (TPSA) is 36.0 Å². The largest absolute Gasteiger partial charge is 0.444 e. The van der Waals surface area contributed by atoms with E-state index in [2.05, 4.69) is 30.9 Å². The van der Waals surface area contributed by atoms with Crippen LogP contribution >= 0.6 is 22.9 Å². The maximum Gasteiger partial charge on any atom is 0.410 e. The number of piperazine rings is 1. The Labute approximate surface area is 123 Å². The molecular formula is C12H22IN3O2. The Kier molecular flexibility index (Phi) is 4.38. The molecule has 2 fully saturated rings. The first kappa shape index (κ1) is 14.3. The van der Waals surface area contributed by atoms with E-state index in [0.717, 1.165) is 39.3 Å². The molecule has 5 nitrogen and oxygen atoms in total. The van der Waals surface area contributed by atoms with Gasteiger partial charge in [0.25, 0.3) is 0 Å². The molecule has 0 aliphatic carbocycles. The van der Waals surface area contributed by atoms with Gasteiger partial charge >= 0.3 is 6.09 Å². The smallest absolute Gasteiger partial charge is 0.410 e. The molecule has 104 valence electrons. The summed E-state index contributed by atoms with van der Waals surface area (Å²) < 4.78 is 7.68. The maximum atomic E-state index is 11.9. The average Bonchev–Trinajstić information content (AvgIpc) is 2.23. The predicted molar refractivity (Wildman–Crippen MR) is 78.8 cm³/mol. The molecule has 0 aromatic rings. The molecule has 2 saturated heterocycles. The highest BCUT2D eigenvalue weighted by atomic mass is 127. The van der Waals surface area contributed by atoms with Crippen LogP contribution in [0.25, 0.3) is 0 Å². The molecule has 6 heteroatoms. The Balaban J connectivity index is 1.74. The predicted octanol–water partition coefficient (Wildman–Crippen LogP) is 1.57. The van der Waals surface area contributed by atoms with Gasteiger partial charge in [0.2, 0.25) is 0 Å². The van der Waals surface area contributed by atoms with Gasteiger partial charge < -0.3 is 9.64 Å². The first-order valence-electron chi connectivity index (χ1n) is 6.48. The molecule has 0 N–H and O–H groups in total. The molecule has 0 aromatic heterocycles. The third-order valence-electron chi connectivity index (χ3n) is 3.30. The Morgan fingerprint density at radius 1 is 1.17 bits per heavy atom. The minimum atomic E-state index is -0.399. The van der Waals surface area contributed by atoms with Crippen LogP contribution in [0.4, 0.5) is 4.79 Å². The zero-order chi connectivity index (χ0) is 13.3. The summed E-state index contributed by atoms with van der Waals surface area (Å²) in [5.74, 6) is 0. The summed E-state index contributed by atoms with van der Waals surface area (Å²) in [5, 5.41) is 0. The number of halogens is 1. The Morgan fingerprint density at radius 2 is 1.72 bits per heavy atom. The van der Waals surface area contributed by atoms with Gasteiger partial charge in [-0.1, -0.05) is 0 Å². The maximum absolute atomic E-state index is 11.9. The molecule has 0 saturated carbocycles. The molecule has 2 aliphatic rings. The summed E-state index contributed by atoms with van der Waals surface area (Å²) in [6, 6.07) is 0.683. The third-order valence-corrected chi connectivity index (χ3v) is 4.09. The summed E-state index contributed by atoms with van der Waals surface area (Å²) in [6.07, 6.45) is -0.175. The zero-order valence-corrected chi connectivity index (χ0v) is 13.5. The van der Waals surface area contributed by atoms with E-state index in [1.54, 1.807) is 0 Å². The summed E-state index contributed by atoms with van der Waals surface area (Å²) in [6.45, 7) is 11.5. The quantitative estimate of drug-likeness (QED) is 0.521. The highest BCUT2D eigenvalue weighted by Gasteiger charge is 2.33. The second-order valence-electron chi connectivity index (χ2n) is 5.98. The minimum Gasteiger partial charge on any atom is -0.444 e. The third kappa shape index (κ3) is 3.71. The van der Waals surface area contributed by atoms with E-state index in [4.69, 9.17) is 4.74 Å². The molecule has 0 atom stereocenters. The van der Waals surface area contributed by atoms with Crippen molar-refractivity contribution >= 4 is 29.0 Å². The van der Waals surface area contributed by atoms with Gasteiger partial charge in [0, 0.05) is 68.2 Å². The number of hydrogen-bond donors (Lipinski definition) is 0. The van der Waals surface area contributed by atoms with Crippen molar-refractivity contribution in [3.05, 3.63) is 0 Å². The number of nitrogens with zero attached hydrogens (tertiary/aromatic N) is 3. The Morgan fingerprint density at radius 3 is 2.17 bits per heavy atom. The molecule has 0 radical (unpaired) electrons. The zero-order valence-electron chi connectivity index (χ0n) is 11.4. The van der Waals surface area contributed by atoms with Crippen molar-refractivity contribution in [3.63, 3.8) is 0 Å². The fraction of sp³-hybridized carbons (Fsp3) is 0.917. The lowest BCUT2D eigenvalue weighted by Gasteiger charge is -2.45. The van der Waals surface area contributed by atoms with Crippen LogP contribution in [0.15, 0.2) is 0 Å². The normalized spacial score (nSPS) is 23.9. The van der Waals surface area contributed by atoms with Gasteiger partial charge in [0.05, 0.1) is 0 Å².